The molecule has 0 rings (SSSR count). The number of aliphatic hydroxyl groups is 2. The van der Waals surface area contributed by atoms with Crippen LogP contribution in [0.3, 0.4) is 0 Å². The van der Waals surface area contributed by atoms with E-state index < -0.39 is 12.1 Å². The fraction of sp³-hybridized carbons (Fsp3) is 0.929. The highest BCUT2D eigenvalue weighted by Gasteiger charge is 2.18. The molecule has 534 valence electrons. The Morgan fingerprint density at radius 3 is 0.789 bits per heavy atom. The molecule has 0 aromatic heterocycles. The van der Waals surface area contributed by atoms with Crippen LogP contribution in [0.2, 0.25) is 0 Å². The minimum atomic E-state index is -0.843. The minimum absolute atomic E-state index is 0.0182. The Bertz CT molecular complexity index is 1410. The van der Waals surface area contributed by atoms with Crippen LogP contribution < -0.4 is 5.32 Å². The lowest BCUT2D eigenvalue weighted by Crippen LogP contribution is -2.45. The lowest BCUT2D eigenvalue weighted by molar-refractivity contribution is -0.143. The summed E-state index contributed by atoms with van der Waals surface area (Å²) in [6, 6.07) is -0.626. The smallest absolute Gasteiger partial charge is 0.305 e. The van der Waals surface area contributed by atoms with Gasteiger partial charge in [-0.15, -0.1) is 0 Å². The van der Waals surface area contributed by atoms with Crippen molar-refractivity contribution in [3.05, 3.63) is 24.3 Å². The molecule has 90 heavy (non-hydrogen) atoms. The normalized spacial score (nSPS) is 12.5. The summed E-state index contributed by atoms with van der Waals surface area (Å²) < 4.78 is 5.52. The zero-order valence-electron chi connectivity index (χ0n) is 61.4. The van der Waals surface area contributed by atoms with Gasteiger partial charge >= 0.3 is 5.97 Å². The van der Waals surface area contributed by atoms with Gasteiger partial charge in [0.25, 0.3) is 0 Å². The molecule has 0 spiro atoms. The fourth-order valence-corrected chi connectivity index (χ4v) is 13.4. The largest absolute Gasteiger partial charge is 0.466 e. The molecule has 3 N–H and O–H groups in total. The topological polar surface area (TPSA) is 95.9 Å². The second kappa shape index (κ2) is 79.8. The maximum absolute atomic E-state index is 12.6. The highest BCUT2D eigenvalue weighted by molar-refractivity contribution is 5.76. The Balaban J connectivity index is 3.35. The Morgan fingerprint density at radius 1 is 0.300 bits per heavy atom. The van der Waals surface area contributed by atoms with Crippen LogP contribution in [0.15, 0.2) is 24.3 Å². The zero-order chi connectivity index (χ0) is 64.9. The van der Waals surface area contributed by atoms with E-state index in [1.807, 2.05) is 6.08 Å². The molecule has 0 aliphatic carbocycles. The third kappa shape index (κ3) is 75.4. The molecule has 0 heterocycles. The van der Waals surface area contributed by atoms with Crippen molar-refractivity contribution in [2.75, 3.05) is 13.2 Å². The van der Waals surface area contributed by atoms with Crippen molar-refractivity contribution in [2.24, 2.45) is 0 Å². The third-order valence-electron chi connectivity index (χ3n) is 19.7. The Morgan fingerprint density at radius 2 is 0.522 bits per heavy atom. The highest BCUT2D eigenvalue weighted by Crippen LogP contribution is 2.20. The van der Waals surface area contributed by atoms with Crippen molar-refractivity contribution >= 4 is 11.9 Å². The van der Waals surface area contributed by atoms with E-state index in [2.05, 4.69) is 31.3 Å². The van der Waals surface area contributed by atoms with Crippen LogP contribution in [-0.4, -0.2) is 47.4 Å². The Labute approximate surface area is 564 Å². The van der Waals surface area contributed by atoms with Gasteiger partial charge in [-0.2, -0.15) is 0 Å². The van der Waals surface area contributed by atoms with Crippen molar-refractivity contribution in [2.45, 2.75) is 488 Å². The fourth-order valence-electron chi connectivity index (χ4n) is 13.4. The predicted octanol–water partition coefficient (Wildman–Crippen LogP) is 27.6. The van der Waals surface area contributed by atoms with Crippen LogP contribution in [0.25, 0.3) is 0 Å². The quantitative estimate of drug-likeness (QED) is 0.0320. The summed E-state index contributed by atoms with van der Waals surface area (Å²) in [5.74, 6) is -0.0402. The number of ether oxygens (including phenoxy) is 1. The van der Waals surface area contributed by atoms with Gasteiger partial charge in [0, 0.05) is 12.8 Å². The molecular formula is C84H163NO5. The molecule has 0 aromatic rings. The standard InChI is InChI=1S/C84H163NO5/c1-3-5-7-9-11-13-15-17-19-21-23-24-25-32-35-38-41-44-48-52-56-60-64-68-72-76-82(87)81(80-86)85-83(88)77-73-69-65-61-57-53-49-45-42-39-36-33-30-28-26-27-29-31-34-37-40-43-47-51-55-59-63-67-71-75-79-90-84(89)78-74-70-66-62-58-54-50-46-22-20-18-16-14-12-10-8-6-4-2/h20,22,72,76,81-82,86-87H,3-19,21,23-71,73-75,77-80H2,1-2H3,(H,85,88)/b22-20-,76-72+. The number of unbranched alkanes of at least 4 members (excludes halogenated alkanes) is 66. The van der Waals surface area contributed by atoms with Crippen molar-refractivity contribution in [3.8, 4) is 0 Å². The van der Waals surface area contributed by atoms with Gasteiger partial charge in [0.1, 0.15) is 0 Å². The molecule has 0 saturated carbocycles. The Kier molecular flexibility index (Phi) is 78.3. The number of carbonyl (C=O) groups excluding carboxylic acids is 2. The molecule has 0 bridgehead atoms. The monoisotopic (exact) mass is 1270 g/mol. The molecule has 0 aliphatic heterocycles. The third-order valence-corrected chi connectivity index (χ3v) is 19.7. The van der Waals surface area contributed by atoms with Crippen molar-refractivity contribution < 1.29 is 24.5 Å². The average Bonchev–Trinajstić information content (AvgIpc) is 3.60. The lowest BCUT2D eigenvalue weighted by atomic mass is 10.0. The average molecular weight is 1270 g/mol. The number of hydrogen-bond acceptors (Lipinski definition) is 5. The van der Waals surface area contributed by atoms with Crippen molar-refractivity contribution in [1.29, 1.82) is 0 Å². The first kappa shape index (κ1) is 88.3. The van der Waals surface area contributed by atoms with Gasteiger partial charge in [0.15, 0.2) is 0 Å². The van der Waals surface area contributed by atoms with Crippen LogP contribution in [-0.2, 0) is 14.3 Å². The van der Waals surface area contributed by atoms with Gasteiger partial charge in [-0.1, -0.05) is 430 Å². The van der Waals surface area contributed by atoms with E-state index in [1.165, 1.54) is 405 Å². The molecule has 0 aromatic carbocycles. The number of carbonyl (C=O) groups is 2. The summed E-state index contributed by atoms with van der Waals surface area (Å²) >= 11 is 0. The van der Waals surface area contributed by atoms with Crippen LogP contribution >= 0.6 is 0 Å². The zero-order valence-corrected chi connectivity index (χ0v) is 61.4. The summed E-state index contributed by atoms with van der Waals surface area (Å²) in [4.78, 5) is 24.7. The maximum Gasteiger partial charge on any atom is 0.305 e. The van der Waals surface area contributed by atoms with E-state index in [0.717, 1.165) is 44.9 Å². The van der Waals surface area contributed by atoms with Gasteiger partial charge in [-0.3, -0.25) is 9.59 Å². The molecular weight excluding hydrogens is 1100 g/mol. The van der Waals surface area contributed by atoms with Crippen molar-refractivity contribution in [3.63, 3.8) is 0 Å². The van der Waals surface area contributed by atoms with Crippen LogP contribution in [0.1, 0.15) is 476 Å². The number of allylic oxidation sites excluding steroid dienone is 3. The molecule has 2 unspecified atom stereocenters. The highest BCUT2D eigenvalue weighted by atomic mass is 16.5. The first-order chi connectivity index (χ1) is 44.5. The number of nitrogens with one attached hydrogen (secondary N) is 1. The van der Waals surface area contributed by atoms with Gasteiger partial charge in [-0.05, 0) is 57.8 Å². The van der Waals surface area contributed by atoms with Crippen molar-refractivity contribution in [1.82, 2.24) is 5.32 Å². The van der Waals surface area contributed by atoms with Gasteiger partial charge < -0.3 is 20.3 Å². The predicted molar refractivity (Wildman–Crippen MR) is 398 cm³/mol. The number of aliphatic hydroxyl groups excluding tert-OH is 2. The van der Waals surface area contributed by atoms with Crippen LogP contribution in [0.4, 0.5) is 0 Å². The summed E-state index contributed by atoms with van der Waals surface area (Å²) in [7, 11) is 0. The first-order valence-corrected chi connectivity index (χ1v) is 41.6. The second-order valence-electron chi connectivity index (χ2n) is 28.8. The van der Waals surface area contributed by atoms with Crippen LogP contribution in [0.5, 0.6) is 0 Å². The summed E-state index contributed by atoms with van der Waals surface area (Å²) in [5.41, 5.74) is 0. The molecule has 0 saturated heterocycles. The SMILES string of the molecule is CCCCCCCCC/C=C\CCCCCCCCCC(=O)OCCCCCCCCCCCCCCCCCCCCCCCCCCCCCCCCC(=O)NC(CO)C(O)/C=C/CCCCCCCCCCCCCCCCCCCCCCCCC. The number of esters is 1. The second-order valence-corrected chi connectivity index (χ2v) is 28.8. The van der Waals surface area contributed by atoms with Gasteiger partial charge in [-0.25, -0.2) is 0 Å². The van der Waals surface area contributed by atoms with E-state index in [1.54, 1.807) is 6.08 Å². The Hall–Kier alpha value is -1.66. The first-order valence-electron chi connectivity index (χ1n) is 41.6. The molecule has 1 amide bonds. The number of amides is 1. The van der Waals surface area contributed by atoms with E-state index in [9.17, 15) is 19.8 Å². The van der Waals surface area contributed by atoms with E-state index in [4.69, 9.17) is 4.74 Å². The van der Waals surface area contributed by atoms with Gasteiger partial charge in [0.2, 0.25) is 5.91 Å². The van der Waals surface area contributed by atoms with Crippen LogP contribution in [0, 0.1) is 0 Å². The number of hydrogen-bond donors (Lipinski definition) is 3. The molecule has 6 heteroatoms. The summed E-state index contributed by atoms with van der Waals surface area (Å²) in [6.45, 7) is 4.96. The van der Waals surface area contributed by atoms with E-state index in [0.29, 0.717) is 19.4 Å². The summed E-state index contributed by atoms with van der Waals surface area (Å²) in [5, 5.41) is 23.3. The van der Waals surface area contributed by atoms with E-state index >= 15 is 0 Å². The molecule has 0 aliphatic rings. The number of rotatable bonds is 79. The van der Waals surface area contributed by atoms with Gasteiger partial charge in [0.05, 0.1) is 25.4 Å². The molecule has 0 fully saturated rings. The molecule has 2 atom stereocenters. The summed E-state index contributed by atoms with van der Waals surface area (Å²) in [6.07, 6.45) is 103. The minimum Gasteiger partial charge on any atom is -0.466 e. The maximum atomic E-state index is 12.6. The lowest BCUT2D eigenvalue weighted by Gasteiger charge is -2.20. The van der Waals surface area contributed by atoms with E-state index in [-0.39, 0.29) is 18.5 Å². The molecule has 0 radical (unpaired) electrons. The molecule has 6 nitrogen and oxygen atoms in total.